The maximum Gasteiger partial charge on any atom is 0.224 e. The number of hydrogen-bond acceptors (Lipinski definition) is 3. The molecule has 0 aromatic heterocycles. The Labute approximate surface area is 88.8 Å². The first-order valence-corrected chi connectivity index (χ1v) is 5.62. The minimum atomic E-state index is -0.100. The van der Waals surface area contributed by atoms with E-state index in [1.807, 2.05) is 4.90 Å². The molecular formula is C11H14N2O2. The first-order chi connectivity index (χ1) is 7.28. The summed E-state index contributed by atoms with van der Waals surface area (Å²) in [4.78, 5) is 13.6. The number of carbonyl (C=O) groups excluding carboxylic acids is 1. The summed E-state index contributed by atoms with van der Waals surface area (Å²) >= 11 is 0. The van der Waals surface area contributed by atoms with Crippen molar-refractivity contribution in [1.29, 1.82) is 5.26 Å². The fourth-order valence-electron chi connectivity index (χ4n) is 3.08. The first kappa shape index (κ1) is 9.17. The zero-order valence-electron chi connectivity index (χ0n) is 8.56. The number of nitriles is 1. The van der Waals surface area contributed by atoms with Crippen LogP contribution in [0.4, 0.5) is 0 Å². The van der Waals surface area contributed by atoms with Crippen LogP contribution in [0.5, 0.6) is 0 Å². The van der Waals surface area contributed by atoms with Gasteiger partial charge in [0.2, 0.25) is 5.91 Å². The van der Waals surface area contributed by atoms with Gasteiger partial charge in [-0.2, -0.15) is 5.26 Å². The topological polar surface area (TPSA) is 53.3 Å². The predicted molar refractivity (Wildman–Crippen MR) is 51.7 cm³/mol. The number of amides is 1. The highest BCUT2D eigenvalue weighted by Gasteiger charge is 2.47. The molecule has 3 fully saturated rings. The van der Waals surface area contributed by atoms with Crippen molar-refractivity contribution in [2.45, 2.75) is 43.9 Å². The molecule has 4 unspecified atom stereocenters. The van der Waals surface area contributed by atoms with Crippen molar-refractivity contribution in [2.24, 2.45) is 5.92 Å². The lowest BCUT2D eigenvalue weighted by molar-refractivity contribution is -0.130. The van der Waals surface area contributed by atoms with Crippen LogP contribution in [0, 0.1) is 17.2 Å². The summed E-state index contributed by atoms with van der Waals surface area (Å²) in [6.07, 6.45) is 4.23. The Kier molecular flexibility index (Phi) is 1.96. The van der Waals surface area contributed by atoms with E-state index in [4.69, 9.17) is 10.00 Å². The summed E-state index contributed by atoms with van der Waals surface area (Å²) in [5, 5.41) is 8.82. The van der Waals surface area contributed by atoms with Gasteiger partial charge in [0.05, 0.1) is 30.2 Å². The van der Waals surface area contributed by atoms with Gasteiger partial charge in [0.1, 0.15) is 0 Å². The fraction of sp³-hybridized carbons (Fsp3) is 0.818. The standard InChI is InChI=1S/C11H14N2O2/c12-5-7-3-11(14)13(6-7)9-4-8-1-2-10(9)15-8/h7-10H,1-4,6H2. The van der Waals surface area contributed by atoms with E-state index in [2.05, 4.69) is 6.07 Å². The minimum Gasteiger partial charge on any atom is -0.373 e. The molecule has 1 amide bonds. The number of hydrogen-bond donors (Lipinski definition) is 0. The molecule has 3 aliphatic heterocycles. The van der Waals surface area contributed by atoms with Gasteiger partial charge < -0.3 is 9.64 Å². The third-order valence-corrected chi connectivity index (χ3v) is 3.82. The second kappa shape index (κ2) is 3.21. The average molecular weight is 206 g/mol. The Balaban J connectivity index is 1.73. The summed E-state index contributed by atoms with van der Waals surface area (Å²) in [5.74, 6) is 0.0410. The molecule has 3 rings (SSSR count). The lowest BCUT2D eigenvalue weighted by atomic mass is 9.94. The van der Waals surface area contributed by atoms with Crippen LogP contribution in [0.15, 0.2) is 0 Å². The van der Waals surface area contributed by atoms with Crippen LogP contribution < -0.4 is 0 Å². The van der Waals surface area contributed by atoms with Crippen LogP contribution >= 0.6 is 0 Å². The molecule has 2 bridgehead atoms. The number of rotatable bonds is 1. The van der Waals surface area contributed by atoms with E-state index in [0.29, 0.717) is 19.1 Å². The van der Waals surface area contributed by atoms with Crippen molar-refractivity contribution in [3.8, 4) is 6.07 Å². The summed E-state index contributed by atoms with van der Waals surface area (Å²) in [6.45, 7) is 0.618. The molecule has 0 aromatic rings. The molecule has 0 saturated carbocycles. The molecule has 0 aliphatic carbocycles. The van der Waals surface area contributed by atoms with Gasteiger partial charge in [0.15, 0.2) is 0 Å². The van der Waals surface area contributed by atoms with Gasteiger partial charge in [-0.15, -0.1) is 0 Å². The van der Waals surface area contributed by atoms with Crippen LogP contribution in [0.1, 0.15) is 25.7 Å². The maximum absolute atomic E-state index is 11.7. The molecule has 4 atom stereocenters. The molecule has 4 nitrogen and oxygen atoms in total. The molecule has 3 heterocycles. The van der Waals surface area contributed by atoms with Crippen LogP contribution in [0.2, 0.25) is 0 Å². The molecule has 3 aliphatic rings. The predicted octanol–water partition coefficient (Wildman–Crippen LogP) is 0.678. The fourth-order valence-corrected chi connectivity index (χ4v) is 3.08. The lowest BCUT2D eigenvalue weighted by Gasteiger charge is -2.28. The lowest BCUT2D eigenvalue weighted by Crippen LogP contribution is -2.42. The van der Waals surface area contributed by atoms with Crippen LogP contribution in [-0.2, 0) is 9.53 Å². The van der Waals surface area contributed by atoms with Crippen LogP contribution in [0.25, 0.3) is 0 Å². The van der Waals surface area contributed by atoms with Crippen LogP contribution in [0.3, 0.4) is 0 Å². The van der Waals surface area contributed by atoms with Gasteiger partial charge in [0.25, 0.3) is 0 Å². The zero-order chi connectivity index (χ0) is 10.4. The number of nitrogens with zero attached hydrogens (tertiary/aromatic N) is 2. The highest BCUT2D eigenvalue weighted by atomic mass is 16.5. The molecule has 4 heteroatoms. The molecule has 3 saturated heterocycles. The number of ether oxygens (including phenoxy) is 1. The van der Waals surface area contributed by atoms with Crippen LogP contribution in [-0.4, -0.2) is 35.6 Å². The smallest absolute Gasteiger partial charge is 0.224 e. The molecule has 0 aromatic carbocycles. The summed E-state index contributed by atoms with van der Waals surface area (Å²) < 4.78 is 5.74. The molecular weight excluding hydrogens is 192 g/mol. The third kappa shape index (κ3) is 1.34. The highest BCUT2D eigenvalue weighted by Crippen LogP contribution is 2.39. The highest BCUT2D eigenvalue weighted by molar-refractivity contribution is 5.79. The van der Waals surface area contributed by atoms with E-state index < -0.39 is 0 Å². The quantitative estimate of drug-likeness (QED) is 0.634. The second-order valence-electron chi connectivity index (χ2n) is 4.75. The number of carbonyl (C=O) groups is 1. The van der Waals surface area contributed by atoms with Crippen molar-refractivity contribution in [1.82, 2.24) is 4.90 Å². The van der Waals surface area contributed by atoms with E-state index >= 15 is 0 Å². The SMILES string of the molecule is N#CC1CC(=O)N(C2CC3CCC2O3)C1. The molecule has 80 valence electrons. The second-order valence-corrected chi connectivity index (χ2v) is 4.75. The van der Waals surface area contributed by atoms with Gasteiger partial charge in [-0.1, -0.05) is 0 Å². The van der Waals surface area contributed by atoms with E-state index in [1.54, 1.807) is 0 Å². The van der Waals surface area contributed by atoms with E-state index in [9.17, 15) is 4.79 Å². The summed E-state index contributed by atoms with van der Waals surface area (Å²) in [7, 11) is 0. The van der Waals surface area contributed by atoms with Crippen molar-refractivity contribution in [3.05, 3.63) is 0 Å². The largest absolute Gasteiger partial charge is 0.373 e. The average Bonchev–Trinajstić information content (AvgIpc) is 2.90. The molecule has 15 heavy (non-hydrogen) atoms. The van der Waals surface area contributed by atoms with E-state index in [1.165, 1.54) is 0 Å². The Hall–Kier alpha value is -1.08. The zero-order valence-corrected chi connectivity index (χ0v) is 8.56. The van der Waals surface area contributed by atoms with Crippen molar-refractivity contribution in [2.75, 3.05) is 6.54 Å². The Morgan fingerprint density at radius 1 is 1.47 bits per heavy atom. The maximum atomic E-state index is 11.7. The number of likely N-dealkylation sites (tertiary alicyclic amines) is 1. The van der Waals surface area contributed by atoms with Gasteiger partial charge in [-0.05, 0) is 19.3 Å². The van der Waals surface area contributed by atoms with Crippen molar-refractivity contribution in [3.63, 3.8) is 0 Å². The summed E-state index contributed by atoms with van der Waals surface area (Å²) in [6, 6.07) is 2.45. The Morgan fingerprint density at radius 3 is 2.87 bits per heavy atom. The van der Waals surface area contributed by atoms with Crippen molar-refractivity contribution >= 4 is 5.91 Å². The summed E-state index contributed by atoms with van der Waals surface area (Å²) in [5.41, 5.74) is 0. The monoisotopic (exact) mass is 206 g/mol. The normalized spacial score (nSPS) is 43.7. The Morgan fingerprint density at radius 2 is 2.33 bits per heavy atom. The third-order valence-electron chi connectivity index (χ3n) is 3.82. The van der Waals surface area contributed by atoms with Gasteiger partial charge in [-0.3, -0.25) is 4.79 Å². The number of fused-ring (bicyclic) bond motifs is 2. The molecule has 0 spiro atoms. The van der Waals surface area contributed by atoms with E-state index in [0.717, 1.165) is 19.3 Å². The molecule has 0 N–H and O–H groups in total. The first-order valence-electron chi connectivity index (χ1n) is 5.62. The van der Waals surface area contributed by atoms with Gasteiger partial charge in [0, 0.05) is 13.0 Å². The molecule has 0 radical (unpaired) electrons. The van der Waals surface area contributed by atoms with Crippen molar-refractivity contribution < 1.29 is 9.53 Å². The Bertz CT molecular complexity index is 336. The van der Waals surface area contributed by atoms with E-state index in [-0.39, 0.29) is 24.0 Å². The van der Waals surface area contributed by atoms with Gasteiger partial charge in [-0.25, -0.2) is 0 Å². The minimum absolute atomic E-state index is 0.100. The van der Waals surface area contributed by atoms with Gasteiger partial charge >= 0.3 is 0 Å².